The maximum absolute atomic E-state index is 12.3. The highest BCUT2D eigenvalue weighted by Crippen LogP contribution is 2.16. The molecule has 8 heteroatoms. The van der Waals surface area contributed by atoms with E-state index < -0.39 is 30.6 Å². The van der Waals surface area contributed by atoms with Crippen LogP contribution in [0.4, 0.5) is 18.0 Å². The van der Waals surface area contributed by atoms with E-state index in [0.29, 0.717) is 5.56 Å². The minimum atomic E-state index is -4.60. The van der Waals surface area contributed by atoms with Crippen molar-refractivity contribution in [3.05, 3.63) is 35.9 Å². The highest BCUT2D eigenvalue weighted by molar-refractivity contribution is 5.96. The molecule has 0 aliphatic rings. The van der Waals surface area contributed by atoms with Crippen LogP contribution in [-0.4, -0.2) is 42.9 Å². The summed E-state index contributed by atoms with van der Waals surface area (Å²) in [4.78, 5) is 23.6. The van der Waals surface area contributed by atoms with E-state index in [1.807, 2.05) is 0 Å². The van der Waals surface area contributed by atoms with Gasteiger partial charge in [0.2, 0.25) is 0 Å². The zero-order chi connectivity index (χ0) is 19.1. The smallest absolute Gasteiger partial charge is 0.422 e. The quantitative estimate of drug-likeness (QED) is 0.752. The van der Waals surface area contributed by atoms with Gasteiger partial charge in [0, 0.05) is 18.5 Å². The van der Waals surface area contributed by atoms with E-state index in [9.17, 15) is 22.8 Å². The number of nitrogens with one attached hydrogen (secondary N) is 1. The highest BCUT2D eigenvalue weighted by atomic mass is 19.4. The van der Waals surface area contributed by atoms with E-state index in [2.05, 4.69) is 10.1 Å². The minimum absolute atomic E-state index is 0.0270. The second-order valence-corrected chi connectivity index (χ2v) is 6.42. The molecule has 0 bridgehead atoms. The molecule has 0 aromatic heterocycles. The van der Waals surface area contributed by atoms with Crippen LogP contribution >= 0.6 is 0 Å². The number of Topliss-reactive ketones (excluding diaryl/α,β-unsaturated/α-hetero) is 1. The molecular weight excluding hydrogens is 339 g/mol. The summed E-state index contributed by atoms with van der Waals surface area (Å²) in [5.74, 6) is -0.194. The van der Waals surface area contributed by atoms with Crippen LogP contribution in [0.3, 0.4) is 0 Å². The number of carbonyl (C=O) groups is 2. The van der Waals surface area contributed by atoms with Gasteiger partial charge in [0.15, 0.2) is 12.4 Å². The number of alkyl halides is 3. The first-order valence-electron chi connectivity index (χ1n) is 7.70. The van der Waals surface area contributed by atoms with Crippen molar-refractivity contribution in [1.82, 2.24) is 5.32 Å². The van der Waals surface area contributed by atoms with Gasteiger partial charge in [0.05, 0.1) is 11.7 Å². The molecule has 0 heterocycles. The molecule has 0 aliphatic heterocycles. The van der Waals surface area contributed by atoms with Gasteiger partial charge in [-0.1, -0.05) is 30.3 Å². The summed E-state index contributed by atoms with van der Waals surface area (Å²) >= 11 is 0. The highest BCUT2D eigenvalue weighted by Gasteiger charge is 2.30. The first-order valence-corrected chi connectivity index (χ1v) is 7.70. The number of ketones is 1. The van der Waals surface area contributed by atoms with Gasteiger partial charge in [-0.3, -0.25) is 4.79 Å². The average Bonchev–Trinajstić information content (AvgIpc) is 2.49. The van der Waals surface area contributed by atoms with Crippen molar-refractivity contribution in [2.45, 2.75) is 45.1 Å². The molecule has 5 nitrogen and oxygen atoms in total. The fourth-order valence-electron chi connectivity index (χ4n) is 2.00. The molecule has 0 aliphatic carbocycles. The number of carbonyl (C=O) groups excluding carboxylic acids is 2. The molecule has 1 amide bonds. The SMILES string of the molecule is CC(C)(C)OC(CNC(=O)OCC(F)(F)F)CC(=O)c1ccccc1. The van der Waals surface area contributed by atoms with Crippen molar-refractivity contribution < 1.29 is 32.2 Å². The van der Waals surface area contributed by atoms with Gasteiger partial charge >= 0.3 is 12.3 Å². The van der Waals surface area contributed by atoms with Crippen LogP contribution in [0.2, 0.25) is 0 Å². The molecule has 1 aromatic rings. The van der Waals surface area contributed by atoms with E-state index in [1.54, 1.807) is 51.1 Å². The van der Waals surface area contributed by atoms with Gasteiger partial charge in [-0.25, -0.2) is 4.79 Å². The Kier molecular flexibility index (Phi) is 7.41. The number of amides is 1. The van der Waals surface area contributed by atoms with E-state index in [0.717, 1.165) is 0 Å². The number of hydrogen-bond acceptors (Lipinski definition) is 4. The van der Waals surface area contributed by atoms with E-state index in [-0.39, 0.29) is 18.7 Å². The third kappa shape index (κ3) is 9.71. The lowest BCUT2D eigenvalue weighted by molar-refractivity contribution is -0.160. The molecule has 0 saturated heterocycles. The Balaban J connectivity index is 2.61. The largest absolute Gasteiger partial charge is 0.440 e. The normalized spacial score (nSPS) is 13.2. The van der Waals surface area contributed by atoms with Gasteiger partial charge in [-0.15, -0.1) is 0 Å². The predicted octanol–water partition coefficient (Wildman–Crippen LogP) is 3.73. The number of halogens is 3. The van der Waals surface area contributed by atoms with Gasteiger partial charge in [0.1, 0.15) is 0 Å². The summed E-state index contributed by atoms with van der Waals surface area (Å²) in [6, 6.07) is 8.53. The molecule has 1 unspecified atom stereocenters. The second kappa shape index (κ2) is 8.84. The Bertz CT molecular complexity index is 567. The molecule has 0 radical (unpaired) electrons. The molecule has 1 rings (SSSR count). The lowest BCUT2D eigenvalue weighted by Crippen LogP contribution is -2.40. The summed E-state index contributed by atoms with van der Waals surface area (Å²) in [6.07, 6.45) is -6.54. The van der Waals surface area contributed by atoms with Crippen molar-refractivity contribution in [1.29, 1.82) is 0 Å². The summed E-state index contributed by atoms with van der Waals surface area (Å²) in [7, 11) is 0. The van der Waals surface area contributed by atoms with E-state index >= 15 is 0 Å². The van der Waals surface area contributed by atoms with Crippen molar-refractivity contribution in [3.8, 4) is 0 Å². The Morgan fingerprint density at radius 3 is 2.24 bits per heavy atom. The molecule has 1 atom stereocenters. The molecule has 0 spiro atoms. The Labute approximate surface area is 144 Å². The number of hydrogen-bond donors (Lipinski definition) is 1. The van der Waals surface area contributed by atoms with Crippen molar-refractivity contribution in [2.24, 2.45) is 0 Å². The Hall–Kier alpha value is -2.09. The average molecular weight is 361 g/mol. The number of alkyl carbamates (subject to hydrolysis) is 1. The molecule has 140 valence electrons. The standard InChI is InChI=1S/C17H22F3NO4/c1-16(2,3)25-13(9-14(22)12-7-5-4-6-8-12)10-21-15(23)24-11-17(18,19)20/h4-8,13H,9-11H2,1-3H3,(H,21,23). The lowest BCUT2D eigenvalue weighted by atomic mass is 10.0. The number of ether oxygens (including phenoxy) is 2. The first-order chi connectivity index (χ1) is 11.5. The van der Waals surface area contributed by atoms with Crippen molar-refractivity contribution in [2.75, 3.05) is 13.2 Å². The van der Waals surface area contributed by atoms with Gasteiger partial charge in [0.25, 0.3) is 0 Å². The van der Waals surface area contributed by atoms with Crippen molar-refractivity contribution in [3.63, 3.8) is 0 Å². The zero-order valence-electron chi connectivity index (χ0n) is 14.4. The van der Waals surface area contributed by atoms with Gasteiger partial charge in [-0.05, 0) is 20.8 Å². The van der Waals surface area contributed by atoms with Crippen LogP contribution < -0.4 is 5.32 Å². The van der Waals surface area contributed by atoms with Crippen LogP contribution in [0.25, 0.3) is 0 Å². The summed E-state index contributed by atoms with van der Waals surface area (Å²) in [5.41, 5.74) is -0.108. The fourth-order valence-corrected chi connectivity index (χ4v) is 2.00. The summed E-state index contributed by atoms with van der Waals surface area (Å²) in [6.45, 7) is 3.50. The maximum Gasteiger partial charge on any atom is 0.422 e. The Morgan fingerprint density at radius 1 is 1.12 bits per heavy atom. The fraction of sp³-hybridized carbons (Fsp3) is 0.529. The molecule has 1 N–H and O–H groups in total. The van der Waals surface area contributed by atoms with Crippen LogP contribution in [0.15, 0.2) is 30.3 Å². The monoisotopic (exact) mass is 361 g/mol. The predicted molar refractivity (Wildman–Crippen MR) is 85.4 cm³/mol. The lowest BCUT2D eigenvalue weighted by Gasteiger charge is -2.27. The van der Waals surface area contributed by atoms with Crippen LogP contribution in [-0.2, 0) is 9.47 Å². The molecule has 25 heavy (non-hydrogen) atoms. The Morgan fingerprint density at radius 2 is 1.72 bits per heavy atom. The summed E-state index contributed by atoms with van der Waals surface area (Å²) < 4.78 is 45.8. The topological polar surface area (TPSA) is 64.6 Å². The number of rotatable bonds is 7. The zero-order valence-corrected chi connectivity index (χ0v) is 14.4. The van der Waals surface area contributed by atoms with Crippen LogP contribution in [0.1, 0.15) is 37.6 Å². The summed E-state index contributed by atoms with van der Waals surface area (Å²) in [5, 5.41) is 2.20. The second-order valence-electron chi connectivity index (χ2n) is 6.42. The maximum atomic E-state index is 12.3. The first kappa shape index (κ1) is 21.0. The number of benzene rings is 1. The molecule has 1 aromatic carbocycles. The molecule has 0 fully saturated rings. The van der Waals surface area contributed by atoms with Gasteiger partial charge in [-0.2, -0.15) is 13.2 Å². The molecule has 0 saturated carbocycles. The van der Waals surface area contributed by atoms with E-state index in [4.69, 9.17) is 4.74 Å². The third-order valence-electron chi connectivity index (χ3n) is 2.87. The third-order valence-corrected chi connectivity index (χ3v) is 2.87. The van der Waals surface area contributed by atoms with Crippen LogP contribution in [0.5, 0.6) is 0 Å². The van der Waals surface area contributed by atoms with Crippen LogP contribution in [0, 0.1) is 0 Å². The van der Waals surface area contributed by atoms with Gasteiger partial charge < -0.3 is 14.8 Å². The van der Waals surface area contributed by atoms with Crippen molar-refractivity contribution >= 4 is 11.9 Å². The molecular formula is C17H22F3NO4. The minimum Gasteiger partial charge on any atom is -0.440 e. The van der Waals surface area contributed by atoms with E-state index in [1.165, 1.54) is 0 Å².